The normalized spacial score (nSPS) is 14.8. The number of aryl methyl sites for hydroxylation is 1. The number of carbonyl (C=O) groups is 1. The van der Waals surface area contributed by atoms with E-state index in [2.05, 4.69) is 18.7 Å². The second kappa shape index (κ2) is 10.5. The van der Waals surface area contributed by atoms with E-state index in [0.717, 1.165) is 41.3 Å². The van der Waals surface area contributed by atoms with Gasteiger partial charge in [0.05, 0.1) is 16.8 Å². The Bertz CT molecular complexity index is 1410. The average molecular weight is 521 g/mol. The van der Waals surface area contributed by atoms with Crippen molar-refractivity contribution in [2.45, 2.75) is 39.5 Å². The summed E-state index contributed by atoms with van der Waals surface area (Å²) < 4.78 is 15.4. The number of amides is 1. The predicted molar refractivity (Wildman–Crippen MR) is 144 cm³/mol. The van der Waals surface area contributed by atoms with Crippen molar-refractivity contribution in [3.63, 3.8) is 0 Å². The third-order valence-electron chi connectivity index (χ3n) is 6.89. The number of benzene rings is 2. The van der Waals surface area contributed by atoms with E-state index in [1.807, 2.05) is 11.8 Å². The summed E-state index contributed by atoms with van der Waals surface area (Å²) >= 11 is 5.98. The summed E-state index contributed by atoms with van der Waals surface area (Å²) in [5, 5.41) is 6.26. The highest BCUT2D eigenvalue weighted by atomic mass is 35.5. The molecule has 0 spiro atoms. The van der Waals surface area contributed by atoms with Crippen LogP contribution in [0, 0.1) is 12.7 Å². The van der Waals surface area contributed by atoms with Crippen molar-refractivity contribution in [1.82, 2.24) is 24.6 Å². The maximum atomic E-state index is 13.6. The van der Waals surface area contributed by atoms with Crippen LogP contribution in [-0.4, -0.2) is 56.7 Å². The van der Waals surface area contributed by atoms with Crippen LogP contribution < -0.4 is 4.90 Å². The van der Waals surface area contributed by atoms with E-state index in [0.29, 0.717) is 42.4 Å². The quantitative estimate of drug-likeness (QED) is 0.322. The summed E-state index contributed by atoms with van der Waals surface area (Å²) in [6.45, 7) is 8.70. The SMILES string of the molecule is CCC[C@H](C)c1nc(N2CCN(C(=O)c3ccc(Cl)cc3)CC2)c2c(C)nn(-c3ccc(F)cc3)c2n1. The lowest BCUT2D eigenvalue weighted by Gasteiger charge is -2.36. The van der Waals surface area contributed by atoms with Crippen LogP contribution in [-0.2, 0) is 0 Å². The molecule has 3 heterocycles. The van der Waals surface area contributed by atoms with Crippen LogP contribution in [0.5, 0.6) is 0 Å². The number of halogens is 2. The zero-order valence-corrected chi connectivity index (χ0v) is 22.0. The highest BCUT2D eigenvalue weighted by Crippen LogP contribution is 2.32. The van der Waals surface area contributed by atoms with Crippen molar-refractivity contribution in [2.75, 3.05) is 31.1 Å². The van der Waals surface area contributed by atoms with Gasteiger partial charge in [0, 0.05) is 42.7 Å². The van der Waals surface area contributed by atoms with Gasteiger partial charge in [-0.15, -0.1) is 0 Å². The van der Waals surface area contributed by atoms with E-state index in [4.69, 9.17) is 26.7 Å². The monoisotopic (exact) mass is 520 g/mol. The summed E-state index contributed by atoms with van der Waals surface area (Å²) in [5.74, 6) is 1.50. The van der Waals surface area contributed by atoms with Gasteiger partial charge in [0.25, 0.3) is 5.91 Å². The van der Waals surface area contributed by atoms with Crippen LogP contribution in [0.25, 0.3) is 16.7 Å². The van der Waals surface area contributed by atoms with Crippen molar-refractivity contribution in [3.05, 3.63) is 76.5 Å². The molecule has 5 rings (SSSR count). The Morgan fingerprint density at radius 1 is 1.03 bits per heavy atom. The third-order valence-corrected chi connectivity index (χ3v) is 7.14. The van der Waals surface area contributed by atoms with E-state index in [1.165, 1.54) is 12.1 Å². The zero-order chi connectivity index (χ0) is 26.1. The fourth-order valence-corrected chi connectivity index (χ4v) is 4.97. The number of anilines is 1. The van der Waals surface area contributed by atoms with Gasteiger partial charge in [-0.05, 0) is 61.9 Å². The second-order valence-electron chi connectivity index (χ2n) is 9.55. The van der Waals surface area contributed by atoms with Gasteiger partial charge in [-0.25, -0.2) is 19.0 Å². The van der Waals surface area contributed by atoms with Crippen molar-refractivity contribution in [2.24, 2.45) is 0 Å². The predicted octanol–water partition coefficient (Wildman–Crippen LogP) is 5.78. The maximum Gasteiger partial charge on any atom is 0.253 e. The Labute approximate surface area is 220 Å². The summed E-state index contributed by atoms with van der Waals surface area (Å²) in [6, 6.07) is 13.3. The maximum absolute atomic E-state index is 13.6. The fourth-order valence-electron chi connectivity index (χ4n) is 4.85. The second-order valence-corrected chi connectivity index (χ2v) is 9.99. The molecule has 9 heteroatoms. The molecule has 1 saturated heterocycles. The molecule has 1 fully saturated rings. The molecule has 0 aliphatic carbocycles. The third kappa shape index (κ3) is 5.03. The van der Waals surface area contributed by atoms with E-state index >= 15 is 0 Å². The summed E-state index contributed by atoms with van der Waals surface area (Å²) in [4.78, 5) is 27.1. The fraction of sp³-hybridized carbons (Fsp3) is 0.357. The minimum Gasteiger partial charge on any atom is -0.352 e. The number of piperazine rings is 1. The molecule has 37 heavy (non-hydrogen) atoms. The lowest BCUT2D eigenvalue weighted by atomic mass is 10.1. The molecule has 0 N–H and O–H groups in total. The Morgan fingerprint density at radius 3 is 2.35 bits per heavy atom. The van der Waals surface area contributed by atoms with Gasteiger partial charge < -0.3 is 9.80 Å². The van der Waals surface area contributed by atoms with Crippen LogP contribution >= 0.6 is 11.6 Å². The lowest BCUT2D eigenvalue weighted by molar-refractivity contribution is 0.0746. The first-order valence-electron chi connectivity index (χ1n) is 12.7. The van der Waals surface area contributed by atoms with Gasteiger partial charge in [0.15, 0.2) is 5.65 Å². The molecule has 1 aliphatic rings. The molecular weight excluding hydrogens is 491 g/mol. The molecule has 1 amide bonds. The molecule has 2 aromatic heterocycles. The zero-order valence-electron chi connectivity index (χ0n) is 21.3. The van der Waals surface area contributed by atoms with Crippen LogP contribution in [0.4, 0.5) is 10.2 Å². The molecule has 2 aromatic carbocycles. The van der Waals surface area contributed by atoms with Gasteiger partial charge in [-0.2, -0.15) is 5.10 Å². The van der Waals surface area contributed by atoms with Crippen molar-refractivity contribution in [1.29, 1.82) is 0 Å². The van der Waals surface area contributed by atoms with Crippen LogP contribution in [0.15, 0.2) is 48.5 Å². The number of hydrogen-bond acceptors (Lipinski definition) is 5. The molecule has 1 atom stereocenters. The highest BCUT2D eigenvalue weighted by molar-refractivity contribution is 6.30. The largest absolute Gasteiger partial charge is 0.352 e. The Hall–Kier alpha value is -3.52. The molecular formula is C28H30ClFN6O. The topological polar surface area (TPSA) is 67.2 Å². The number of nitrogens with zero attached hydrogens (tertiary/aromatic N) is 6. The average Bonchev–Trinajstić information content (AvgIpc) is 3.25. The standard InChI is InChI=1S/C28H30ClFN6O/c1-4-5-18(2)25-31-26(24-19(3)33-36(27(24)32-25)23-12-10-22(30)11-13-23)34-14-16-35(17-15-34)28(37)20-6-8-21(29)9-7-20/h6-13,18H,4-5,14-17H2,1-3H3/t18-/m0/s1. The van der Waals surface area contributed by atoms with E-state index in [-0.39, 0.29) is 17.6 Å². The minimum absolute atomic E-state index is 0.00159. The van der Waals surface area contributed by atoms with E-state index in [9.17, 15) is 9.18 Å². The highest BCUT2D eigenvalue weighted by Gasteiger charge is 2.27. The smallest absolute Gasteiger partial charge is 0.253 e. The summed E-state index contributed by atoms with van der Waals surface area (Å²) in [7, 11) is 0. The molecule has 0 bridgehead atoms. The summed E-state index contributed by atoms with van der Waals surface area (Å²) in [6.07, 6.45) is 2.00. The molecule has 192 valence electrons. The van der Waals surface area contributed by atoms with Crippen LogP contribution in [0.1, 0.15) is 54.5 Å². The van der Waals surface area contributed by atoms with Crippen molar-refractivity contribution >= 4 is 34.4 Å². The Morgan fingerprint density at radius 2 is 1.70 bits per heavy atom. The van der Waals surface area contributed by atoms with E-state index in [1.54, 1.807) is 41.1 Å². The van der Waals surface area contributed by atoms with Gasteiger partial charge in [0.2, 0.25) is 0 Å². The van der Waals surface area contributed by atoms with Crippen molar-refractivity contribution in [3.8, 4) is 5.69 Å². The number of rotatable bonds is 6. The Balaban J connectivity index is 1.49. The first-order chi connectivity index (χ1) is 17.9. The van der Waals surface area contributed by atoms with Gasteiger partial charge >= 0.3 is 0 Å². The van der Waals surface area contributed by atoms with Crippen LogP contribution in [0.2, 0.25) is 5.02 Å². The van der Waals surface area contributed by atoms with Gasteiger partial charge in [-0.3, -0.25) is 4.79 Å². The van der Waals surface area contributed by atoms with Gasteiger partial charge in [-0.1, -0.05) is 31.9 Å². The molecule has 4 aromatic rings. The molecule has 0 radical (unpaired) electrons. The molecule has 1 aliphatic heterocycles. The Kier molecular flexibility index (Phi) is 7.11. The van der Waals surface area contributed by atoms with E-state index < -0.39 is 0 Å². The molecule has 7 nitrogen and oxygen atoms in total. The summed E-state index contributed by atoms with van der Waals surface area (Å²) in [5.41, 5.74) is 2.90. The number of fused-ring (bicyclic) bond motifs is 1. The van der Waals surface area contributed by atoms with Crippen LogP contribution in [0.3, 0.4) is 0 Å². The number of hydrogen-bond donors (Lipinski definition) is 0. The number of carbonyl (C=O) groups excluding carboxylic acids is 1. The van der Waals surface area contributed by atoms with Gasteiger partial charge in [0.1, 0.15) is 17.5 Å². The first-order valence-corrected chi connectivity index (χ1v) is 13.1. The molecule has 0 unspecified atom stereocenters. The lowest BCUT2D eigenvalue weighted by Crippen LogP contribution is -2.49. The minimum atomic E-state index is -0.296. The molecule has 0 saturated carbocycles. The first kappa shape index (κ1) is 25.1. The number of aromatic nitrogens is 4. The van der Waals surface area contributed by atoms with Crippen molar-refractivity contribution < 1.29 is 9.18 Å².